The van der Waals surface area contributed by atoms with Gasteiger partial charge in [-0.3, -0.25) is 0 Å². The van der Waals surface area contributed by atoms with Gasteiger partial charge in [0.1, 0.15) is 0 Å². The molecule has 0 aromatic carbocycles. The molecule has 3 nitrogen and oxygen atoms in total. The molecule has 2 aliphatic rings. The third-order valence-corrected chi connectivity index (χ3v) is 4.95. The van der Waals surface area contributed by atoms with Crippen LogP contribution in [0.2, 0.25) is 0 Å². The van der Waals surface area contributed by atoms with E-state index >= 15 is 0 Å². The quantitative estimate of drug-likeness (QED) is 0.816. The van der Waals surface area contributed by atoms with Crippen LogP contribution in [-0.2, 0) is 6.42 Å². The van der Waals surface area contributed by atoms with E-state index in [1.807, 2.05) is 11.3 Å². The minimum Gasteiger partial charge on any atom is -0.345 e. The van der Waals surface area contributed by atoms with E-state index in [1.54, 1.807) is 0 Å². The summed E-state index contributed by atoms with van der Waals surface area (Å²) < 4.78 is 0. The van der Waals surface area contributed by atoms with Gasteiger partial charge in [-0.2, -0.15) is 0 Å². The summed E-state index contributed by atoms with van der Waals surface area (Å²) in [5.41, 5.74) is 7.30. The van der Waals surface area contributed by atoms with Gasteiger partial charge >= 0.3 is 0 Å². The molecule has 1 saturated heterocycles. The fourth-order valence-electron chi connectivity index (χ4n) is 2.78. The molecule has 1 aromatic rings. The molecule has 2 N–H and O–H groups in total. The van der Waals surface area contributed by atoms with Gasteiger partial charge in [0.2, 0.25) is 0 Å². The number of nitrogens with two attached hydrogens (primary N) is 1. The normalized spacial score (nSPS) is 29.5. The topological polar surface area (TPSA) is 42.2 Å². The highest BCUT2D eigenvalue weighted by Crippen LogP contribution is 2.37. The lowest BCUT2D eigenvalue weighted by Gasteiger charge is -2.19. The number of thiazole rings is 1. The van der Waals surface area contributed by atoms with Crippen LogP contribution >= 0.6 is 11.3 Å². The van der Waals surface area contributed by atoms with Crippen LogP contribution in [0.3, 0.4) is 0 Å². The zero-order valence-corrected chi connectivity index (χ0v) is 10.6. The lowest BCUT2D eigenvalue weighted by Crippen LogP contribution is -2.26. The van der Waals surface area contributed by atoms with E-state index in [1.165, 1.54) is 47.9 Å². The molecule has 2 atom stereocenters. The maximum absolute atomic E-state index is 6.12. The summed E-state index contributed by atoms with van der Waals surface area (Å²) >= 11 is 1.87. The van der Waals surface area contributed by atoms with E-state index in [0.29, 0.717) is 6.04 Å². The van der Waals surface area contributed by atoms with Gasteiger partial charge in [-0.1, -0.05) is 0 Å². The molecule has 88 valence electrons. The molecular weight excluding hydrogens is 218 g/mol. The summed E-state index contributed by atoms with van der Waals surface area (Å²) in [5, 5.41) is 1.22. The van der Waals surface area contributed by atoms with E-state index in [4.69, 9.17) is 10.7 Å². The van der Waals surface area contributed by atoms with E-state index in [2.05, 4.69) is 11.8 Å². The highest BCUT2D eigenvalue weighted by atomic mass is 32.1. The van der Waals surface area contributed by atoms with Crippen LogP contribution < -0.4 is 10.6 Å². The highest BCUT2D eigenvalue weighted by Gasteiger charge is 2.27. The Bertz CT molecular complexity index is 388. The molecule has 4 heteroatoms. The van der Waals surface area contributed by atoms with E-state index in [-0.39, 0.29) is 6.04 Å². The molecule has 1 aromatic heterocycles. The van der Waals surface area contributed by atoms with Crippen molar-refractivity contribution in [2.45, 2.75) is 51.1 Å². The van der Waals surface area contributed by atoms with Gasteiger partial charge in [-0.05, 0) is 39.0 Å². The highest BCUT2D eigenvalue weighted by molar-refractivity contribution is 7.15. The fraction of sp³-hybridized carbons (Fsp3) is 0.750. The third kappa shape index (κ3) is 1.64. The predicted molar refractivity (Wildman–Crippen MR) is 68.0 cm³/mol. The number of aryl methyl sites for hydroxylation is 1. The zero-order chi connectivity index (χ0) is 11.1. The van der Waals surface area contributed by atoms with Crippen LogP contribution in [0.1, 0.15) is 49.2 Å². The maximum Gasteiger partial charge on any atom is 0.186 e. The molecular formula is C12H19N3S. The molecule has 1 aliphatic heterocycles. The average molecular weight is 237 g/mol. The summed E-state index contributed by atoms with van der Waals surface area (Å²) in [6, 6.07) is 0.843. The molecule has 3 rings (SSSR count). The fourth-order valence-corrected chi connectivity index (χ4v) is 4.08. The summed E-state index contributed by atoms with van der Waals surface area (Å²) in [6.45, 7) is 3.47. The van der Waals surface area contributed by atoms with E-state index in [0.717, 1.165) is 6.42 Å². The van der Waals surface area contributed by atoms with Gasteiger partial charge < -0.3 is 10.6 Å². The predicted octanol–water partition coefficient (Wildman–Crippen LogP) is 2.47. The molecule has 0 spiro atoms. The first-order valence-corrected chi connectivity index (χ1v) is 7.09. The second-order valence-corrected chi connectivity index (χ2v) is 6.05. The first-order chi connectivity index (χ1) is 7.75. The Morgan fingerprint density at radius 2 is 2.25 bits per heavy atom. The molecule has 2 unspecified atom stereocenters. The molecule has 1 aliphatic carbocycles. The molecule has 0 bridgehead atoms. The maximum atomic E-state index is 6.12. The summed E-state index contributed by atoms with van der Waals surface area (Å²) in [7, 11) is 0. The Hall–Kier alpha value is -0.610. The van der Waals surface area contributed by atoms with Crippen molar-refractivity contribution in [1.82, 2.24) is 4.98 Å². The van der Waals surface area contributed by atoms with Gasteiger partial charge in [0.15, 0.2) is 5.13 Å². The van der Waals surface area contributed by atoms with Crippen molar-refractivity contribution < 1.29 is 0 Å². The zero-order valence-electron chi connectivity index (χ0n) is 9.78. The number of rotatable bonds is 1. The van der Waals surface area contributed by atoms with Crippen molar-refractivity contribution in [3.8, 4) is 0 Å². The van der Waals surface area contributed by atoms with Crippen molar-refractivity contribution >= 4 is 16.5 Å². The standard InChI is InChI=1S/C12H19N3S/c1-8-4-3-7-15(8)12-14-11-9(13)5-2-6-10(11)16-12/h8-9H,2-7,13H2,1H3. The molecule has 0 radical (unpaired) electrons. The lowest BCUT2D eigenvalue weighted by atomic mass is 9.99. The Labute approximate surface area is 101 Å². The number of aromatic nitrogens is 1. The van der Waals surface area contributed by atoms with Gasteiger partial charge in [-0.25, -0.2) is 4.98 Å². The monoisotopic (exact) mass is 237 g/mol. The first-order valence-electron chi connectivity index (χ1n) is 6.27. The number of fused-ring (bicyclic) bond motifs is 1. The Kier molecular flexibility index (Phi) is 2.64. The number of hydrogen-bond acceptors (Lipinski definition) is 4. The smallest absolute Gasteiger partial charge is 0.186 e. The summed E-state index contributed by atoms with van der Waals surface area (Å²) in [6.07, 6.45) is 6.12. The second-order valence-electron chi connectivity index (χ2n) is 4.99. The number of hydrogen-bond donors (Lipinski definition) is 1. The molecule has 0 amide bonds. The SMILES string of the molecule is CC1CCCN1c1nc2c(s1)CCCC2N. The minimum atomic E-state index is 0.187. The summed E-state index contributed by atoms with van der Waals surface area (Å²) in [4.78, 5) is 8.68. The van der Waals surface area contributed by atoms with Gasteiger partial charge in [0.25, 0.3) is 0 Å². The molecule has 0 saturated carbocycles. The van der Waals surface area contributed by atoms with Crippen molar-refractivity contribution in [3.63, 3.8) is 0 Å². The first kappa shape index (κ1) is 10.5. The van der Waals surface area contributed by atoms with Crippen molar-refractivity contribution in [2.24, 2.45) is 5.73 Å². The minimum absolute atomic E-state index is 0.187. The molecule has 1 fully saturated rings. The number of nitrogens with zero attached hydrogens (tertiary/aromatic N) is 2. The number of anilines is 1. The van der Waals surface area contributed by atoms with Crippen LogP contribution in [0.5, 0.6) is 0 Å². The van der Waals surface area contributed by atoms with Crippen molar-refractivity contribution in [1.29, 1.82) is 0 Å². The molecule has 2 heterocycles. The average Bonchev–Trinajstić information content (AvgIpc) is 2.84. The van der Waals surface area contributed by atoms with Crippen LogP contribution in [0.4, 0.5) is 5.13 Å². The van der Waals surface area contributed by atoms with Crippen LogP contribution in [0, 0.1) is 0 Å². The van der Waals surface area contributed by atoms with Crippen molar-refractivity contribution in [3.05, 3.63) is 10.6 Å². The Balaban J connectivity index is 1.91. The third-order valence-electron chi connectivity index (χ3n) is 3.79. The van der Waals surface area contributed by atoms with E-state index < -0.39 is 0 Å². The van der Waals surface area contributed by atoms with Crippen LogP contribution in [-0.4, -0.2) is 17.6 Å². The second kappa shape index (κ2) is 4.00. The van der Waals surface area contributed by atoms with Crippen LogP contribution in [0.25, 0.3) is 0 Å². The van der Waals surface area contributed by atoms with Gasteiger partial charge in [0, 0.05) is 23.5 Å². The largest absolute Gasteiger partial charge is 0.345 e. The van der Waals surface area contributed by atoms with E-state index in [9.17, 15) is 0 Å². The van der Waals surface area contributed by atoms with Gasteiger partial charge in [0.05, 0.1) is 5.69 Å². The summed E-state index contributed by atoms with van der Waals surface area (Å²) in [5.74, 6) is 0. The lowest BCUT2D eigenvalue weighted by molar-refractivity contribution is 0.563. The Morgan fingerprint density at radius 1 is 1.38 bits per heavy atom. The van der Waals surface area contributed by atoms with Gasteiger partial charge in [-0.15, -0.1) is 11.3 Å². The van der Waals surface area contributed by atoms with Crippen LogP contribution in [0.15, 0.2) is 0 Å². The molecule has 16 heavy (non-hydrogen) atoms. The Morgan fingerprint density at radius 3 is 2.94 bits per heavy atom. The van der Waals surface area contributed by atoms with Crippen molar-refractivity contribution in [2.75, 3.05) is 11.4 Å².